The molecule has 0 radical (unpaired) electrons. The molecule has 0 aliphatic carbocycles. The Morgan fingerprint density at radius 1 is 0.765 bits per heavy atom. The molecule has 0 saturated carbocycles. The Hall–Kier alpha value is -1.35. The fourth-order valence-electron chi connectivity index (χ4n) is 1.75. The Balaban J connectivity index is 2.46. The van der Waals surface area contributed by atoms with Gasteiger partial charge in [-0.05, 0) is 46.5 Å². The monoisotopic (exact) mass is 248 g/mol. The van der Waals surface area contributed by atoms with Gasteiger partial charge in [-0.3, -0.25) is 0 Å². The molecule has 88 valence electrons. The summed E-state index contributed by atoms with van der Waals surface area (Å²) in [5.74, 6) is 0. The van der Waals surface area contributed by atoms with Crippen LogP contribution in [-0.2, 0) is 13.2 Å². The molecule has 0 fully saturated rings. The van der Waals surface area contributed by atoms with Crippen LogP contribution in [0, 0.1) is 0 Å². The van der Waals surface area contributed by atoms with Gasteiger partial charge in [0.25, 0.3) is 0 Å². The summed E-state index contributed by atoms with van der Waals surface area (Å²) in [4.78, 5) is 0. The van der Waals surface area contributed by atoms with Crippen LogP contribution in [0.3, 0.4) is 0 Å². The van der Waals surface area contributed by atoms with E-state index >= 15 is 0 Å². The van der Waals surface area contributed by atoms with Crippen molar-refractivity contribution >= 4 is 11.6 Å². The van der Waals surface area contributed by atoms with Gasteiger partial charge in [0.05, 0.1) is 13.2 Å². The highest BCUT2D eigenvalue weighted by Crippen LogP contribution is 2.24. The SMILES string of the molecule is OCc1cc(CO)cc(-c2ccc(Cl)cc2)c1. The molecule has 17 heavy (non-hydrogen) atoms. The fourth-order valence-corrected chi connectivity index (χ4v) is 1.88. The van der Waals surface area contributed by atoms with Gasteiger partial charge >= 0.3 is 0 Å². The van der Waals surface area contributed by atoms with E-state index in [0.717, 1.165) is 22.3 Å². The maximum absolute atomic E-state index is 9.17. The van der Waals surface area contributed by atoms with Crippen LogP contribution in [0.4, 0.5) is 0 Å². The largest absolute Gasteiger partial charge is 0.392 e. The second kappa shape index (κ2) is 5.32. The predicted molar refractivity (Wildman–Crippen MR) is 68.7 cm³/mol. The molecule has 2 rings (SSSR count). The molecule has 2 nitrogen and oxygen atoms in total. The van der Waals surface area contributed by atoms with Crippen molar-refractivity contribution in [3.05, 3.63) is 58.6 Å². The minimum Gasteiger partial charge on any atom is -0.392 e. The number of hydrogen-bond donors (Lipinski definition) is 2. The number of aliphatic hydroxyl groups is 2. The van der Waals surface area contributed by atoms with Gasteiger partial charge in [-0.1, -0.05) is 29.8 Å². The number of aliphatic hydroxyl groups excluding tert-OH is 2. The summed E-state index contributed by atoms with van der Waals surface area (Å²) in [6.45, 7) is -0.0666. The molecule has 2 N–H and O–H groups in total. The average Bonchev–Trinajstić information content (AvgIpc) is 2.39. The van der Waals surface area contributed by atoms with E-state index < -0.39 is 0 Å². The van der Waals surface area contributed by atoms with Crippen molar-refractivity contribution < 1.29 is 10.2 Å². The van der Waals surface area contributed by atoms with Crippen molar-refractivity contribution in [1.82, 2.24) is 0 Å². The molecular formula is C14H13ClO2. The topological polar surface area (TPSA) is 40.5 Å². The first kappa shape index (κ1) is 12.1. The Morgan fingerprint density at radius 2 is 1.29 bits per heavy atom. The van der Waals surface area contributed by atoms with Crippen molar-refractivity contribution in [3.8, 4) is 11.1 Å². The molecule has 0 heterocycles. The van der Waals surface area contributed by atoms with Crippen LogP contribution >= 0.6 is 11.6 Å². The zero-order valence-electron chi connectivity index (χ0n) is 9.23. The summed E-state index contributed by atoms with van der Waals surface area (Å²) in [6.07, 6.45) is 0. The second-order valence-electron chi connectivity index (χ2n) is 3.86. The lowest BCUT2D eigenvalue weighted by molar-refractivity contribution is 0.275. The standard InChI is InChI=1S/C14H13ClO2/c15-14-3-1-12(2-4-14)13-6-10(8-16)5-11(7-13)9-17/h1-7,16-17H,8-9H2. The summed E-state index contributed by atoms with van der Waals surface area (Å²) in [7, 11) is 0. The first-order chi connectivity index (χ1) is 8.22. The molecule has 0 saturated heterocycles. The van der Waals surface area contributed by atoms with E-state index in [0.29, 0.717) is 5.02 Å². The number of benzene rings is 2. The van der Waals surface area contributed by atoms with Crippen molar-refractivity contribution in [2.75, 3.05) is 0 Å². The highest BCUT2D eigenvalue weighted by atomic mass is 35.5. The van der Waals surface area contributed by atoms with Crippen LogP contribution in [0.2, 0.25) is 5.02 Å². The first-order valence-corrected chi connectivity index (χ1v) is 5.71. The molecule has 0 aliphatic heterocycles. The molecule has 0 aromatic heterocycles. The Morgan fingerprint density at radius 3 is 1.76 bits per heavy atom. The van der Waals surface area contributed by atoms with Gasteiger partial charge in [0.15, 0.2) is 0 Å². The van der Waals surface area contributed by atoms with Gasteiger partial charge in [-0.15, -0.1) is 0 Å². The molecule has 0 unspecified atom stereocenters. The fraction of sp³-hybridized carbons (Fsp3) is 0.143. The minimum atomic E-state index is -0.0333. The van der Waals surface area contributed by atoms with E-state index in [-0.39, 0.29) is 13.2 Å². The number of halogens is 1. The lowest BCUT2D eigenvalue weighted by Gasteiger charge is -2.07. The summed E-state index contributed by atoms with van der Waals surface area (Å²) >= 11 is 5.84. The maximum atomic E-state index is 9.17. The highest BCUT2D eigenvalue weighted by molar-refractivity contribution is 6.30. The highest BCUT2D eigenvalue weighted by Gasteiger charge is 2.02. The van der Waals surface area contributed by atoms with E-state index in [1.54, 1.807) is 6.07 Å². The van der Waals surface area contributed by atoms with Crippen molar-refractivity contribution in [3.63, 3.8) is 0 Å². The third-order valence-electron chi connectivity index (χ3n) is 2.60. The number of hydrogen-bond acceptors (Lipinski definition) is 2. The summed E-state index contributed by atoms with van der Waals surface area (Å²) in [6, 6.07) is 13.1. The van der Waals surface area contributed by atoms with E-state index in [2.05, 4.69) is 0 Å². The Bertz CT molecular complexity index is 484. The third-order valence-corrected chi connectivity index (χ3v) is 2.85. The predicted octanol–water partition coefficient (Wildman–Crippen LogP) is 2.99. The lowest BCUT2D eigenvalue weighted by atomic mass is 10.0. The second-order valence-corrected chi connectivity index (χ2v) is 4.30. The molecule has 0 aliphatic rings. The van der Waals surface area contributed by atoms with Gasteiger partial charge in [0.2, 0.25) is 0 Å². The van der Waals surface area contributed by atoms with Gasteiger partial charge in [-0.25, -0.2) is 0 Å². The molecule has 0 amide bonds. The van der Waals surface area contributed by atoms with Crippen LogP contribution in [0.15, 0.2) is 42.5 Å². The first-order valence-electron chi connectivity index (χ1n) is 5.33. The maximum Gasteiger partial charge on any atom is 0.0682 e. The molecule has 0 atom stereocenters. The van der Waals surface area contributed by atoms with E-state index in [9.17, 15) is 10.2 Å². The smallest absolute Gasteiger partial charge is 0.0682 e. The zero-order chi connectivity index (χ0) is 12.3. The normalized spacial score (nSPS) is 10.5. The number of rotatable bonds is 3. The average molecular weight is 249 g/mol. The molecule has 0 spiro atoms. The van der Waals surface area contributed by atoms with Crippen LogP contribution in [-0.4, -0.2) is 10.2 Å². The molecule has 0 bridgehead atoms. The van der Waals surface area contributed by atoms with Gasteiger partial charge in [0.1, 0.15) is 0 Å². The van der Waals surface area contributed by atoms with E-state index in [4.69, 9.17) is 11.6 Å². The van der Waals surface area contributed by atoms with Crippen LogP contribution < -0.4 is 0 Å². The molecule has 2 aromatic carbocycles. The van der Waals surface area contributed by atoms with Gasteiger partial charge < -0.3 is 10.2 Å². The lowest BCUT2D eigenvalue weighted by Crippen LogP contribution is -1.91. The van der Waals surface area contributed by atoms with E-state index in [1.165, 1.54) is 0 Å². The van der Waals surface area contributed by atoms with Crippen LogP contribution in [0.5, 0.6) is 0 Å². The van der Waals surface area contributed by atoms with E-state index in [1.807, 2.05) is 36.4 Å². The zero-order valence-corrected chi connectivity index (χ0v) is 9.98. The van der Waals surface area contributed by atoms with Crippen LogP contribution in [0.1, 0.15) is 11.1 Å². The van der Waals surface area contributed by atoms with Crippen molar-refractivity contribution in [2.24, 2.45) is 0 Å². The minimum absolute atomic E-state index is 0.0333. The van der Waals surface area contributed by atoms with Crippen LogP contribution in [0.25, 0.3) is 11.1 Å². The Labute approximate surface area is 105 Å². The van der Waals surface area contributed by atoms with Crippen molar-refractivity contribution in [2.45, 2.75) is 13.2 Å². The molecular weight excluding hydrogens is 236 g/mol. The summed E-state index contributed by atoms with van der Waals surface area (Å²) in [5.41, 5.74) is 3.57. The van der Waals surface area contributed by atoms with Gasteiger partial charge in [-0.2, -0.15) is 0 Å². The van der Waals surface area contributed by atoms with Gasteiger partial charge in [0, 0.05) is 5.02 Å². The summed E-state index contributed by atoms with van der Waals surface area (Å²) < 4.78 is 0. The molecule has 2 aromatic rings. The van der Waals surface area contributed by atoms with Crippen molar-refractivity contribution in [1.29, 1.82) is 0 Å². The Kier molecular flexibility index (Phi) is 3.79. The quantitative estimate of drug-likeness (QED) is 0.877. The third kappa shape index (κ3) is 2.86. The molecule has 3 heteroatoms. The summed E-state index contributed by atoms with van der Waals surface area (Å²) in [5, 5.41) is 19.0.